The number of halogens is 2. The zero-order valence-corrected chi connectivity index (χ0v) is 11.8. The third-order valence-electron chi connectivity index (χ3n) is 3.06. The Hall–Kier alpha value is 0.170. The number of hydrogen-bond donors (Lipinski definition) is 1. The highest BCUT2D eigenvalue weighted by Crippen LogP contribution is 2.39. The van der Waals surface area contributed by atoms with E-state index in [1.54, 1.807) is 11.8 Å². The van der Waals surface area contributed by atoms with Crippen molar-refractivity contribution < 1.29 is 13.9 Å². The molecule has 102 valence electrons. The second kappa shape index (κ2) is 5.87. The summed E-state index contributed by atoms with van der Waals surface area (Å²) in [6.45, 7) is 6.29. The van der Waals surface area contributed by atoms with Crippen LogP contribution in [0.15, 0.2) is 0 Å². The Morgan fingerprint density at radius 1 is 1.41 bits per heavy atom. The maximum Gasteiger partial charge on any atom is 0.248 e. The maximum atomic E-state index is 13.2. The summed E-state index contributed by atoms with van der Waals surface area (Å²) in [5.74, 6) is -1.86. The number of rotatable bonds is 4. The van der Waals surface area contributed by atoms with Crippen molar-refractivity contribution in [1.29, 1.82) is 0 Å². The van der Waals surface area contributed by atoms with Gasteiger partial charge >= 0.3 is 0 Å². The van der Waals surface area contributed by atoms with Crippen LogP contribution in [0.1, 0.15) is 52.9 Å². The molecule has 0 aromatic heterocycles. The second-order valence-corrected chi connectivity index (χ2v) is 7.98. The smallest absolute Gasteiger partial charge is 0.248 e. The number of hydrogen-bond acceptors (Lipinski definition) is 2. The molecule has 1 rings (SSSR count). The van der Waals surface area contributed by atoms with Crippen LogP contribution in [0, 0.1) is 5.92 Å². The van der Waals surface area contributed by atoms with Crippen LogP contribution in [0.5, 0.6) is 0 Å². The summed E-state index contributed by atoms with van der Waals surface area (Å²) >= 11 is 1.69. The average molecular weight is 266 g/mol. The van der Waals surface area contributed by atoms with Crippen molar-refractivity contribution >= 4 is 11.8 Å². The lowest BCUT2D eigenvalue weighted by Gasteiger charge is -2.30. The van der Waals surface area contributed by atoms with Crippen LogP contribution in [0.25, 0.3) is 0 Å². The molecule has 0 aromatic carbocycles. The molecule has 1 fully saturated rings. The molecule has 1 N–H and O–H groups in total. The first-order chi connectivity index (χ1) is 7.68. The number of thioether (sulfide) groups is 1. The Morgan fingerprint density at radius 3 is 2.59 bits per heavy atom. The van der Waals surface area contributed by atoms with E-state index in [4.69, 9.17) is 0 Å². The zero-order chi connectivity index (χ0) is 13.1. The predicted octanol–water partition coefficient (Wildman–Crippen LogP) is 4.09. The molecule has 0 radical (unpaired) electrons. The lowest BCUT2D eigenvalue weighted by atomic mass is 9.83. The fourth-order valence-corrected chi connectivity index (χ4v) is 3.10. The van der Waals surface area contributed by atoms with E-state index in [9.17, 15) is 13.9 Å². The summed E-state index contributed by atoms with van der Waals surface area (Å²) in [4.78, 5) is 0. The minimum Gasteiger partial charge on any atom is -0.392 e. The van der Waals surface area contributed by atoms with Gasteiger partial charge in [-0.15, -0.1) is 0 Å². The largest absolute Gasteiger partial charge is 0.392 e. The van der Waals surface area contributed by atoms with Gasteiger partial charge in [0.2, 0.25) is 5.92 Å². The molecule has 2 atom stereocenters. The quantitative estimate of drug-likeness (QED) is 0.827. The number of aliphatic hydroxyl groups excluding tert-OH is 1. The Bertz CT molecular complexity index is 238. The van der Waals surface area contributed by atoms with Gasteiger partial charge in [0.25, 0.3) is 0 Å². The summed E-state index contributed by atoms with van der Waals surface area (Å²) in [5.41, 5.74) is 0. The Morgan fingerprint density at radius 2 is 2.06 bits per heavy atom. The molecule has 0 aromatic rings. The topological polar surface area (TPSA) is 20.2 Å². The standard InChI is InChI=1S/C13H24F2OS/c1-12(2,3)17-9-11(16)7-10-5-4-6-13(14,15)8-10/h10-11,16H,4-9H2,1-3H3. The van der Waals surface area contributed by atoms with Crippen molar-refractivity contribution in [2.24, 2.45) is 5.92 Å². The molecule has 4 heteroatoms. The van der Waals surface area contributed by atoms with Gasteiger partial charge in [-0.25, -0.2) is 8.78 Å². The van der Waals surface area contributed by atoms with Gasteiger partial charge < -0.3 is 5.11 Å². The van der Waals surface area contributed by atoms with Crippen LogP contribution in [0.4, 0.5) is 8.78 Å². The van der Waals surface area contributed by atoms with Gasteiger partial charge in [0, 0.05) is 23.3 Å². The molecule has 0 bridgehead atoms. The molecule has 17 heavy (non-hydrogen) atoms. The Balaban J connectivity index is 2.28. The number of aliphatic hydroxyl groups is 1. The van der Waals surface area contributed by atoms with Crippen molar-refractivity contribution in [1.82, 2.24) is 0 Å². The van der Waals surface area contributed by atoms with Gasteiger partial charge in [0.1, 0.15) is 0 Å². The summed E-state index contributed by atoms with van der Waals surface area (Å²) < 4.78 is 26.5. The van der Waals surface area contributed by atoms with E-state index >= 15 is 0 Å². The molecule has 1 aliphatic carbocycles. The van der Waals surface area contributed by atoms with Crippen molar-refractivity contribution in [3.8, 4) is 0 Å². The number of alkyl halides is 2. The molecule has 0 heterocycles. The summed E-state index contributed by atoms with van der Waals surface area (Å²) in [6, 6.07) is 0. The SMILES string of the molecule is CC(C)(C)SCC(O)CC1CCCC(F)(F)C1. The molecule has 0 amide bonds. The highest BCUT2D eigenvalue weighted by molar-refractivity contribution is 8.00. The van der Waals surface area contributed by atoms with Crippen LogP contribution in [-0.4, -0.2) is 27.6 Å². The first kappa shape index (κ1) is 15.2. The van der Waals surface area contributed by atoms with Gasteiger partial charge in [-0.1, -0.05) is 20.8 Å². The molecule has 2 unspecified atom stereocenters. The fraction of sp³-hybridized carbons (Fsp3) is 1.00. The summed E-state index contributed by atoms with van der Waals surface area (Å²) in [7, 11) is 0. The Labute approximate surface area is 107 Å². The predicted molar refractivity (Wildman–Crippen MR) is 69.7 cm³/mol. The van der Waals surface area contributed by atoms with Gasteiger partial charge in [-0.2, -0.15) is 11.8 Å². The van der Waals surface area contributed by atoms with Crippen molar-refractivity contribution in [2.75, 3.05) is 5.75 Å². The lowest BCUT2D eigenvalue weighted by molar-refractivity contribution is -0.0579. The van der Waals surface area contributed by atoms with Crippen LogP contribution in [-0.2, 0) is 0 Å². The van der Waals surface area contributed by atoms with Crippen LogP contribution >= 0.6 is 11.8 Å². The van der Waals surface area contributed by atoms with Crippen molar-refractivity contribution in [2.45, 2.75) is 69.6 Å². The van der Waals surface area contributed by atoms with Crippen LogP contribution in [0.3, 0.4) is 0 Å². The zero-order valence-electron chi connectivity index (χ0n) is 11.0. The van der Waals surface area contributed by atoms with E-state index in [1.165, 1.54) is 0 Å². The van der Waals surface area contributed by atoms with E-state index in [-0.39, 0.29) is 23.5 Å². The minimum absolute atomic E-state index is 0.00526. The van der Waals surface area contributed by atoms with Crippen molar-refractivity contribution in [3.05, 3.63) is 0 Å². The van der Waals surface area contributed by atoms with E-state index in [1.807, 2.05) is 0 Å². The first-order valence-corrected chi connectivity index (χ1v) is 7.36. The molecule has 0 spiro atoms. The molecular formula is C13H24F2OS. The van der Waals surface area contributed by atoms with Crippen LogP contribution in [0.2, 0.25) is 0 Å². The maximum absolute atomic E-state index is 13.2. The molecule has 1 nitrogen and oxygen atoms in total. The molecule has 1 saturated carbocycles. The van der Waals surface area contributed by atoms with E-state index < -0.39 is 12.0 Å². The minimum atomic E-state index is -2.50. The normalized spacial score (nSPS) is 26.8. The fourth-order valence-electron chi connectivity index (χ4n) is 2.28. The summed E-state index contributed by atoms with van der Waals surface area (Å²) in [6.07, 6.45) is 1.50. The highest BCUT2D eigenvalue weighted by Gasteiger charge is 2.36. The van der Waals surface area contributed by atoms with Gasteiger partial charge in [0.15, 0.2) is 0 Å². The van der Waals surface area contributed by atoms with E-state index in [0.717, 1.165) is 6.42 Å². The van der Waals surface area contributed by atoms with Gasteiger partial charge in [0.05, 0.1) is 6.10 Å². The molecule has 1 aliphatic rings. The monoisotopic (exact) mass is 266 g/mol. The Kier molecular flexibility index (Phi) is 5.26. The van der Waals surface area contributed by atoms with E-state index in [0.29, 0.717) is 18.6 Å². The third kappa shape index (κ3) is 6.61. The average Bonchev–Trinajstić information content (AvgIpc) is 2.12. The van der Waals surface area contributed by atoms with E-state index in [2.05, 4.69) is 20.8 Å². The third-order valence-corrected chi connectivity index (χ3v) is 4.47. The molecular weight excluding hydrogens is 242 g/mol. The molecule has 0 saturated heterocycles. The second-order valence-electron chi connectivity index (χ2n) is 6.13. The van der Waals surface area contributed by atoms with Crippen molar-refractivity contribution in [3.63, 3.8) is 0 Å². The van der Waals surface area contributed by atoms with Gasteiger partial charge in [-0.3, -0.25) is 0 Å². The summed E-state index contributed by atoms with van der Waals surface area (Å²) in [5, 5.41) is 9.87. The highest BCUT2D eigenvalue weighted by atomic mass is 32.2. The lowest BCUT2D eigenvalue weighted by Crippen LogP contribution is -2.29. The first-order valence-electron chi connectivity index (χ1n) is 6.38. The van der Waals surface area contributed by atoms with Crippen LogP contribution < -0.4 is 0 Å². The molecule has 0 aliphatic heterocycles. The van der Waals surface area contributed by atoms with Gasteiger partial charge in [-0.05, 0) is 25.2 Å².